The van der Waals surface area contributed by atoms with Crippen LogP contribution in [0.25, 0.3) is 0 Å². The van der Waals surface area contributed by atoms with Crippen LogP contribution in [0, 0.1) is 0 Å². The molecule has 0 fully saturated rings. The van der Waals surface area contributed by atoms with E-state index < -0.39 is 0 Å². The fraction of sp³-hybridized carbons (Fsp3) is 0.250. The third-order valence-corrected chi connectivity index (χ3v) is 2.24. The Morgan fingerprint density at radius 3 is 2.43 bits per heavy atom. The lowest BCUT2D eigenvalue weighted by Crippen LogP contribution is -2.05. The molecule has 1 aromatic carbocycles. The molecule has 0 aliphatic rings. The molecule has 0 amide bonds. The molecule has 0 radical (unpaired) electrons. The quantitative estimate of drug-likeness (QED) is 0.734. The number of hydrogen-bond donors (Lipinski definition) is 1. The maximum Gasteiger partial charge on any atom is 0.155 e. The minimum absolute atomic E-state index is 0.0387. The van der Waals surface area contributed by atoms with Crippen molar-refractivity contribution in [2.45, 2.75) is 19.9 Å². The van der Waals surface area contributed by atoms with Gasteiger partial charge in [0, 0.05) is 13.0 Å². The zero-order valence-electron chi connectivity index (χ0n) is 8.42. The molecular formula is C12H15NO. The lowest BCUT2D eigenvalue weighted by atomic mass is 9.99. The molecule has 0 aliphatic carbocycles. The van der Waals surface area contributed by atoms with Crippen LogP contribution >= 0.6 is 0 Å². The van der Waals surface area contributed by atoms with Gasteiger partial charge in [0.2, 0.25) is 0 Å². The molecule has 74 valence electrons. The van der Waals surface area contributed by atoms with Gasteiger partial charge in [-0.1, -0.05) is 30.8 Å². The van der Waals surface area contributed by atoms with Gasteiger partial charge < -0.3 is 5.73 Å². The number of nitrogens with two attached hydrogens (primary N) is 1. The smallest absolute Gasteiger partial charge is 0.155 e. The molecular weight excluding hydrogens is 174 g/mol. The summed E-state index contributed by atoms with van der Waals surface area (Å²) in [5.41, 5.74) is 8.39. The zero-order valence-corrected chi connectivity index (χ0v) is 8.42. The lowest BCUT2D eigenvalue weighted by molar-refractivity contribution is -0.113. The Hall–Kier alpha value is -1.41. The molecule has 0 aromatic heterocycles. The number of rotatable bonds is 4. The second-order valence-corrected chi connectivity index (χ2v) is 3.31. The van der Waals surface area contributed by atoms with E-state index in [1.807, 2.05) is 24.3 Å². The van der Waals surface area contributed by atoms with Crippen molar-refractivity contribution >= 4 is 5.78 Å². The third-order valence-electron chi connectivity index (χ3n) is 2.24. The fourth-order valence-corrected chi connectivity index (χ4v) is 1.28. The monoisotopic (exact) mass is 189 g/mol. The van der Waals surface area contributed by atoms with Gasteiger partial charge in [0.25, 0.3) is 0 Å². The van der Waals surface area contributed by atoms with Gasteiger partial charge in [-0.2, -0.15) is 0 Å². The van der Waals surface area contributed by atoms with Crippen molar-refractivity contribution in [3.05, 3.63) is 47.5 Å². The SMILES string of the molecule is C=C(Cc1ccccc1CN)C(C)=O. The van der Waals surface area contributed by atoms with Crippen molar-refractivity contribution in [2.24, 2.45) is 5.73 Å². The van der Waals surface area contributed by atoms with Crippen molar-refractivity contribution in [1.29, 1.82) is 0 Å². The van der Waals surface area contributed by atoms with E-state index in [2.05, 4.69) is 6.58 Å². The Labute approximate surface area is 84.4 Å². The lowest BCUT2D eigenvalue weighted by Gasteiger charge is -2.07. The van der Waals surface area contributed by atoms with Crippen molar-refractivity contribution in [3.63, 3.8) is 0 Å². The summed E-state index contributed by atoms with van der Waals surface area (Å²) in [5.74, 6) is 0.0387. The summed E-state index contributed by atoms with van der Waals surface area (Å²) in [4.78, 5) is 11.0. The van der Waals surface area contributed by atoms with E-state index in [0.29, 0.717) is 18.5 Å². The Morgan fingerprint density at radius 2 is 1.93 bits per heavy atom. The fourth-order valence-electron chi connectivity index (χ4n) is 1.28. The molecule has 1 aromatic rings. The van der Waals surface area contributed by atoms with Gasteiger partial charge in [-0.25, -0.2) is 0 Å². The second-order valence-electron chi connectivity index (χ2n) is 3.31. The first-order valence-corrected chi connectivity index (χ1v) is 4.60. The van der Waals surface area contributed by atoms with Gasteiger partial charge in [-0.3, -0.25) is 4.79 Å². The summed E-state index contributed by atoms with van der Waals surface area (Å²) in [6, 6.07) is 7.85. The second kappa shape index (κ2) is 4.72. The minimum atomic E-state index is 0.0387. The molecule has 0 atom stereocenters. The van der Waals surface area contributed by atoms with Crippen LogP contribution in [-0.2, 0) is 17.8 Å². The van der Waals surface area contributed by atoms with Crippen LogP contribution in [0.3, 0.4) is 0 Å². The number of carbonyl (C=O) groups is 1. The van der Waals surface area contributed by atoms with Gasteiger partial charge in [0.15, 0.2) is 5.78 Å². The van der Waals surface area contributed by atoms with E-state index >= 15 is 0 Å². The third kappa shape index (κ3) is 2.54. The molecule has 0 heterocycles. The molecule has 1 rings (SSSR count). The zero-order chi connectivity index (χ0) is 10.6. The Bertz CT molecular complexity index is 355. The first kappa shape index (κ1) is 10.7. The Kier molecular flexibility index (Phi) is 3.60. The number of Topliss-reactive ketones (excluding diaryl/α,β-unsaturated/α-hetero) is 1. The van der Waals surface area contributed by atoms with Crippen LogP contribution < -0.4 is 5.73 Å². The molecule has 0 unspecified atom stereocenters. The summed E-state index contributed by atoms with van der Waals surface area (Å²) in [6.07, 6.45) is 0.600. The van der Waals surface area contributed by atoms with Crippen molar-refractivity contribution in [3.8, 4) is 0 Å². The largest absolute Gasteiger partial charge is 0.326 e. The van der Waals surface area contributed by atoms with E-state index in [-0.39, 0.29) is 5.78 Å². The van der Waals surface area contributed by atoms with Gasteiger partial charge in [0.1, 0.15) is 0 Å². The highest BCUT2D eigenvalue weighted by molar-refractivity contribution is 5.93. The average Bonchev–Trinajstić information content (AvgIpc) is 2.18. The van der Waals surface area contributed by atoms with E-state index in [1.54, 1.807) is 0 Å². The van der Waals surface area contributed by atoms with Gasteiger partial charge in [-0.15, -0.1) is 0 Å². The van der Waals surface area contributed by atoms with Crippen LogP contribution in [-0.4, -0.2) is 5.78 Å². The highest BCUT2D eigenvalue weighted by atomic mass is 16.1. The van der Waals surface area contributed by atoms with Crippen LogP contribution in [0.1, 0.15) is 18.1 Å². The maximum absolute atomic E-state index is 11.0. The van der Waals surface area contributed by atoms with Crippen LogP contribution in [0.4, 0.5) is 0 Å². The Balaban J connectivity index is 2.85. The molecule has 0 aliphatic heterocycles. The number of hydrogen-bond acceptors (Lipinski definition) is 2. The molecule has 0 saturated carbocycles. The molecule has 2 heteroatoms. The van der Waals surface area contributed by atoms with Crippen LogP contribution in [0.2, 0.25) is 0 Å². The van der Waals surface area contributed by atoms with E-state index in [0.717, 1.165) is 11.1 Å². The predicted molar refractivity (Wildman–Crippen MR) is 57.9 cm³/mol. The highest BCUT2D eigenvalue weighted by Crippen LogP contribution is 2.12. The summed E-state index contributed by atoms with van der Waals surface area (Å²) >= 11 is 0. The van der Waals surface area contributed by atoms with Gasteiger partial charge in [0.05, 0.1) is 0 Å². The number of benzene rings is 1. The minimum Gasteiger partial charge on any atom is -0.326 e. The molecule has 2 nitrogen and oxygen atoms in total. The first-order valence-electron chi connectivity index (χ1n) is 4.60. The van der Waals surface area contributed by atoms with E-state index in [1.165, 1.54) is 6.92 Å². The van der Waals surface area contributed by atoms with Crippen molar-refractivity contribution < 1.29 is 4.79 Å². The summed E-state index contributed by atoms with van der Waals surface area (Å²) in [6.45, 7) is 5.77. The topological polar surface area (TPSA) is 43.1 Å². The predicted octanol–water partition coefficient (Wildman–Crippen LogP) is 1.83. The van der Waals surface area contributed by atoms with Crippen molar-refractivity contribution in [2.75, 3.05) is 0 Å². The summed E-state index contributed by atoms with van der Waals surface area (Å²) < 4.78 is 0. The molecule has 14 heavy (non-hydrogen) atoms. The highest BCUT2D eigenvalue weighted by Gasteiger charge is 2.05. The molecule has 0 saturated heterocycles. The standard InChI is InChI=1S/C12H15NO/c1-9(10(2)14)7-11-5-3-4-6-12(11)8-13/h3-6H,1,7-8,13H2,2H3. The molecule has 2 N–H and O–H groups in total. The van der Waals surface area contributed by atoms with E-state index in [4.69, 9.17) is 5.73 Å². The normalized spacial score (nSPS) is 9.86. The van der Waals surface area contributed by atoms with Crippen LogP contribution in [0.5, 0.6) is 0 Å². The maximum atomic E-state index is 11.0. The summed E-state index contributed by atoms with van der Waals surface area (Å²) in [7, 11) is 0. The van der Waals surface area contributed by atoms with Crippen LogP contribution in [0.15, 0.2) is 36.4 Å². The molecule has 0 bridgehead atoms. The number of ketones is 1. The molecule has 0 spiro atoms. The number of allylic oxidation sites excluding steroid dienone is 1. The Morgan fingerprint density at radius 1 is 1.36 bits per heavy atom. The van der Waals surface area contributed by atoms with Gasteiger partial charge in [-0.05, 0) is 23.6 Å². The number of carbonyl (C=O) groups excluding carboxylic acids is 1. The van der Waals surface area contributed by atoms with Gasteiger partial charge >= 0.3 is 0 Å². The average molecular weight is 189 g/mol. The first-order chi connectivity index (χ1) is 6.65. The summed E-state index contributed by atoms with van der Waals surface area (Å²) in [5, 5.41) is 0. The van der Waals surface area contributed by atoms with E-state index in [9.17, 15) is 4.79 Å². The van der Waals surface area contributed by atoms with Crippen molar-refractivity contribution in [1.82, 2.24) is 0 Å².